The summed E-state index contributed by atoms with van der Waals surface area (Å²) in [6, 6.07) is 9.55. The van der Waals surface area contributed by atoms with E-state index in [1.165, 1.54) is 0 Å². The number of hydrogen-bond acceptors (Lipinski definition) is 4. The number of rotatable bonds is 5. The van der Waals surface area contributed by atoms with Gasteiger partial charge in [0.2, 0.25) is 5.76 Å². The Bertz CT molecular complexity index is 727. The molecule has 134 valence electrons. The van der Waals surface area contributed by atoms with Gasteiger partial charge in [-0.05, 0) is 24.5 Å². The van der Waals surface area contributed by atoms with Crippen molar-refractivity contribution in [3.8, 4) is 0 Å². The minimum Gasteiger partial charge on any atom is -0.351 e. The van der Waals surface area contributed by atoms with Crippen LogP contribution in [0.5, 0.6) is 0 Å². The Hall–Kier alpha value is -1.85. The molecular formula is C19H24ClN3O2. The van der Waals surface area contributed by atoms with E-state index in [0.717, 1.165) is 30.6 Å². The lowest BCUT2D eigenvalue weighted by molar-refractivity contribution is 0.0661. The molecule has 25 heavy (non-hydrogen) atoms. The van der Waals surface area contributed by atoms with Crippen molar-refractivity contribution >= 4 is 17.5 Å². The molecule has 0 spiro atoms. The van der Waals surface area contributed by atoms with Gasteiger partial charge in [-0.25, -0.2) is 0 Å². The molecule has 6 heteroatoms. The van der Waals surface area contributed by atoms with Crippen LogP contribution in [-0.2, 0) is 0 Å². The van der Waals surface area contributed by atoms with Gasteiger partial charge in [-0.2, -0.15) is 0 Å². The fraction of sp³-hybridized carbons (Fsp3) is 0.474. The molecule has 2 heterocycles. The van der Waals surface area contributed by atoms with Crippen molar-refractivity contribution in [1.82, 2.24) is 15.4 Å². The Labute approximate surface area is 153 Å². The van der Waals surface area contributed by atoms with Crippen molar-refractivity contribution in [2.24, 2.45) is 0 Å². The third-order valence-electron chi connectivity index (χ3n) is 4.89. The van der Waals surface area contributed by atoms with E-state index in [0.29, 0.717) is 29.8 Å². The zero-order valence-electron chi connectivity index (χ0n) is 14.7. The summed E-state index contributed by atoms with van der Waals surface area (Å²) >= 11 is 6.30. The quantitative estimate of drug-likeness (QED) is 0.873. The van der Waals surface area contributed by atoms with Crippen molar-refractivity contribution in [3.63, 3.8) is 0 Å². The SMILES string of the molecule is CCC(CC)c1cc(C(=O)N2CCNC(c3ccccc3Cl)C2)on1. The van der Waals surface area contributed by atoms with E-state index in [1.807, 2.05) is 29.2 Å². The van der Waals surface area contributed by atoms with Gasteiger partial charge >= 0.3 is 0 Å². The van der Waals surface area contributed by atoms with Gasteiger partial charge in [-0.1, -0.05) is 48.8 Å². The average Bonchev–Trinajstić information content (AvgIpc) is 3.12. The lowest BCUT2D eigenvalue weighted by Crippen LogP contribution is -2.48. The highest BCUT2D eigenvalue weighted by molar-refractivity contribution is 6.31. The number of carbonyl (C=O) groups excluding carboxylic acids is 1. The first kappa shape index (κ1) is 18.0. The second-order valence-electron chi connectivity index (χ2n) is 6.41. The molecule has 1 unspecified atom stereocenters. The summed E-state index contributed by atoms with van der Waals surface area (Å²) in [5, 5.41) is 8.25. The normalized spacial score (nSPS) is 17.9. The maximum atomic E-state index is 12.8. The van der Waals surface area contributed by atoms with E-state index in [-0.39, 0.29) is 11.9 Å². The van der Waals surface area contributed by atoms with Gasteiger partial charge in [0.1, 0.15) is 0 Å². The van der Waals surface area contributed by atoms with Crippen LogP contribution in [0.25, 0.3) is 0 Å². The summed E-state index contributed by atoms with van der Waals surface area (Å²) in [5.41, 5.74) is 1.88. The average molecular weight is 362 g/mol. The lowest BCUT2D eigenvalue weighted by Gasteiger charge is -2.33. The molecular weight excluding hydrogens is 338 g/mol. The summed E-state index contributed by atoms with van der Waals surface area (Å²) in [6.45, 7) is 6.16. The maximum absolute atomic E-state index is 12.8. The van der Waals surface area contributed by atoms with Crippen molar-refractivity contribution in [2.45, 2.75) is 38.6 Å². The lowest BCUT2D eigenvalue weighted by atomic mass is 9.99. The fourth-order valence-corrected chi connectivity index (χ4v) is 3.61. The van der Waals surface area contributed by atoms with Gasteiger partial charge in [0, 0.05) is 36.6 Å². The van der Waals surface area contributed by atoms with Crippen LogP contribution in [0.15, 0.2) is 34.9 Å². The molecule has 0 bridgehead atoms. The molecule has 1 aliphatic rings. The van der Waals surface area contributed by atoms with Crippen LogP contribution in [0.4, 0.5) is 0 Å². The van der Waals surface area contributed by atoms with Crippen molar-refractivity contribution in [3.05, 3.63) is 52.4 Å². The molecule has 0 radical (unpaired) electrons. The van der Waals surface area contributed by atoms with Gasteiger partial charge in [0.05, 0.1) is 11.7 Å². The Morgan fingerprint density at radius 1 is 1.40 bits per heavy atom. The van der Waals surface area contributed by atoms with Crippen LogP contribution in [0, 0.1) is 0 Å². The number of halogens is 1. The predicted octanol–water partition coefficient (Wildman–Crippen LogP) is 4.02. The Balaban J connectivity index is 1.73. The molecule has 1 aromatic heterocycles. The summed E-state index contributed by atoms with van der Waals surface area (Å²) in [5.74, 6) is 0.550. The number of benzene rings is 1. The summed E-state index contributed by atoms with van der Waals surface area (Å²) in [4.78, 5) is 14.6. The number of aromatic nitrogens is 1. The van der Waals surface area contributed by atoms with Gasteiger partial charge in [0.25, 0.3) is 5.91 Å². The number of nitrogens with one attached hydrogen (secondary N) is 1. The molecule has 0 saturated carbocycles. The third kappa shape index (κ3) is 3.88. The summed E-state index contributed by atoms with van der Waals surface area (Å²) < 4.78 is 5.34. The molecule has 1 saturated heterocycles. The number of carbonyl (C=O) groups is 1. The van der Waals surface area contributed by atoms with E-state index in [2.05, 4.69) is 24.3 Å². The Morgan fingerprint density at radius 2 is 2.16 bits per heavy atom. The largest absolute Gasteiger partial charge is 0.351 e. The standard InChI is InChI=1S/C19H24ClN3O2/c1-3-13(4-2)16-11-18(25-22-16)19(24)23-10-9-21-17(12-23)14-7-5-6-8-15(14)20/h5-8,11,13,17,21H,3-4,9-10,12H2,1-2H3. The first-order valence-corrected chi connectivity index (χ1v) is 9.25. The molecule has 1 aromatic carbocycles. The number of hydrogen-bond donors (Lipinski definition) is 1. The fourth-order valence-electron chi connectivity index (χ4n) is 3.35. The second-order valence-corrected chi connectivity index (χ2v) is 6.82. The topological polar surface area (TPSA) is 58.4 Å². The molecule has 1 atom stereocenters. The van der Waals surface area contributed by atoms with Gasteiger partial charge in [-0.15, -0.1) is 0 Å². The minimum absolute atomic E-state index is 0.0211. The molecule has 1 amide bonds. The molecule has 2 aromatic rings. The highest BCUT2D eigenvalue weighted by Gasteiger charge is 2.28. The minimum atomic E-state index is -0.108. The van der Waals surface area contributed by atoms with E-state index in [9.17, 15) is 4.79 Å². The van der Waals surface area contributed by atoms with Crippen LogP contribution in [0.2, 0.25) is 5.02 Å². The molecule has 0 aliphatic carbocycles. The third-order valence-corrected chi connectivity index (χ3v) is 5.23. The zero-order valence-corrected chi connectivity index (χ0v) is 15.4. The van der Waals surface area contributed by atoms with Crippen LogP contribution in [0.3, 0.4) is 0 Å². The molecule has 1 aliphatic heterocycles. The van der Waals surface area contributed by atoms with Crippen molar-refractivity contribution < 1.29 is 9.32 Å². The van der Waals surface area contributed by atoms with E-state index < -0.39 is 0 Å². The predicted molar refractivity (Wildman–Crippen MR) is 97.9 cm³/mol. The highest BCUT2D eigenvalue weighted by Crippen LogP contribution is 2.26. The molecule has 1 N–H and O–H groups in total. The highest BCUT2D eigenvalue weighted by atomic mass is 35.5. The zero-order chi connectivity index (χ0) is 17.8. The van der Waals surface area contributed by atoms with Gasteiger partial charge in [-0.3, -0.25) is 4.79 Å². The second kappa shape index (κ2) is 8.02. The van der Waals surface area contributed by atoms with E-state index >= 15 is 0 Å². The van der Waals surface area contributed by atoms with Crippen LogP contribution in [0.1, 0.15) is 60.5 Å². The van der Waals surface area contributed by atoms with Crippen LogP contribution in [-0.4, -0.2) is 35.6 Å². The Morgan fingerprint density at radius 3 is 2.88 bits per heavy atom. The van der Waals surface area contributed by atoms with Crippen LogP contribution < -0.4 is 5.32 Å². The first-order valence-electron chi connectivity index (χ1n) is 8.87. The molecule has 1 fully saturated rings. The van der Waals surface area contributed by atoms with Crippen molar-refractivity contribution in [1.29, 1.82) is 0 Å². The monoisotopic (exact) mass is 361 g/mol. The smallest absolute Gasteiger partial charge is 0.292 e. The van der Waals surface area contributed by atoms with E-state index in [1.54, 1.807) is 6.07 Å². The summed E-state index contributed by atoms with van der Waals surface area (Å²) in [6.07, 6.45) is 1.97. The number of amides is 1. The summed E-state index contributed by atoms with van der Waals surface area (Å²) in [7, 11) is 0. The maximum Gasteiger partial charge on any atom is 0.292 e. The number of piperazine rings is 1. The molecule has 5 nitrogen and oxygen atoms in total. The molecule has 3 rings (SSSR count). The van der Waals surface area contributed by atoms with Gasteiger partial charge in [0.15, 0.2) is 0 Å². The first-order chi connectivity index (χ1) is 12.1. The number of nitrogens with zero attached hydrogens (tertiary/aromatic N) is 2. The van der Waals surface area contributed by atoms with Crippen molar-refractivity contribution in [2.75, 3.05) is 19.6 Å². The van der Waals surface area contributed by atoms with Crippen LogP contribution >= 0.6 is 11.6 Å². The Kier molecular flexibility index (Phi) is 5.76. The van der Waals surface area contributed by atoms with Gasteiger partial charge < -0.3 is 14.7 Å². The van der Waals surface area contributed by atoms with E-state index in [4.69, 9.17) is 16.1 Å².